The number of aromatic nitrogens is 2. The molecule has 2 nitrogen and oxygen atoms in total. The second-order valence-electron chi connectivity index (χ2n) is 1.09. The number of nitrogens with zero attached hydrogens (tertiary/aromatic N) is 2. The third kappa shape index (κ3) is 37.1. The molecule has 0 aromatic carbocycles. The Morgan fingerprint density at radius 1 is 0.714 bits per heavy atom. The van der Waals surface area contributed by atoms with Gasteiger partial charge >= 0.3 is 64.9 Å². The molecular formula is C8H16I3N2V. The Balaban J connectivity index is -0.000000134. The first-order valence-electron chi connectivity index (χ1n) is 4.21. The predicted molar refractivity (Wildman–Crippen MR) is 86.8 cm³/mol. The van der Waals surface area contributed by atoms with Crippen LogP contribution in [0.15, 0.2) is 24.8 Å². The molecule has 0 saturated carbocycles. The summed E-state index contributed by atoms with van der Waals surface area (Å²) in [6.45, 7) is 8.00. The topological polar surface area (TPSA) is 25.8 Å². The number of hydrogen-bond acceptors (Lipinski definition) is 2. The molecule has 1 rings (SSSR count). The van der Waals surface area contributed by atoms with E-state index >= 15 is 0 Å². The van der Waals surface area contributed by atoms with Crippen molar-refractivity contribution in [3.63, 3.8) is 0 Å². The molecule has 84 valence electrons. The van der Waals surface area contributed by atoms with Crippen molar-refractivity contribution in [3.05, 3.63) is 24.8 Å². The first kappa shape index (κ1) is 21.2. The molecular weight excluding hydrogens is 556 g/mol. The minimum atomic E-state index is -0.278. The van der Waals surface area contributed by atoms with Crippen LogP contribution in [0.4, 0.5) is 0 Å². The maximum Gasteiger partial charge on any atom is 0.0451 e. The van der Waals surface area contributed by atoms with Gasteiger partial charge in [-0.15, -0.1) is 0 Å². The molecule has 0 aliphatic heterocycles. The van der Waals surface area contributed by atoms with Gasteiger partial charge in [-0.1, -0.05) is 27.7 Å². The fourth-order valence-corrected chi connectivity index (χ4v) is 0.253. The maximum absolute atomic E-state index is 3.72. The number of hydrogen-bond donors (Lipinski definition) is 0. The molecule has 1 heterocycles. The van der Waals surface area contributed by atoms with Gasteiger partial charge < -0.3 is 0 Å². The zero-order valence-corrected chi connectivity index (χ0v) is 16.7. The van der Waals surface area contributed by atoms with Gasteiger partial charge in [0, 0.05) is 24.8 Å². The SMILES string of the molecule is CC.CC.[I][V]([I])[I].c1cnccn1. The summed E-state index contributed by atoms with van der Waals surface area (Å²) in [5.74, 6) is 0. The monoisotopic (exact) mass is 572 g/mol. The molecule has 1 aromatic rings. The summed E-state index contributed by atoms with van der Waals surface area (Å²) >= 11 is 7.39. The van der Waals surface area contributed by atoms with Crippen LogP contribution in [0.1, 0.15) is 27.7 Å². The van der Waals surface area contributed by atoms with E-state index in [1.165, 1.54) is 0 Å². The van der Waals surface area contributed by atoms with Crippen LogP contribution in [0, 0.1) is 0 Å². The minimum absolute atomic E-state index is 0.278. The molecule has 0 unspecified atom stereocenters. The normalized spacial score (nSPS) is 6.86. The Labute approximate surface area is 125 Å². The Hall–Kier alpha value is 1.85. The Morgan fingerprint density at radius 2 is 0.857 bits per heavy atom. The maximum atomic E-state index is 3.72. The van der Waals surface area contributed by atoms with Crippen molar-refractivity contribution < 1.29 is 4.92 Å². The summed E-state index contributed by atoms with van der Waals surface area (Å²) in [7, 11) is 0. The second kappa shape index (κ2) is 24.2. The van der Waals surface area contributed by atoms with Crippen LogP contribution in [-0.4, -0.2) is 9.97 Å². The van der Waals surface area contributed by atoms with Gasteiger partial charge in [0.2, 0.25) is 0 Å². The predicted octanol–water partition coefficient (Wildman–Crippen LogP) is 5.18. The van der Waals surface area contributed by atoms with E-state index in [-0.39, 0.29) is 4.92 Å². The summed E-state index contributed by atoms with van der Waals surface area (Å²) in [6.07, 6.45) is 6.56. The summed E-state index contributed by atoms with van der Waals surface area (Å²) in [5, 5.41) is 0. The van der Waals surface area contributed by atoms with Crippen molar-refractivity contribution in [2.75, 3.05) is 0 Å². The van der Waals surface area contributed by atoms with Gasteiger partial charge in [-0.05, 0) is 0 Å². The largest absolute Gasteiger partial charge is 0.262 e. The fraction of sp³-hybridized carbons (Fsp3) is 0.500. The summed E-state index contributed by atoms with van der Waals surface area (Å²) in [4.78, 5) is 7.17. The van der Waals surface area contributed by atoms with Gasteiger partial charge in [0.25, 0.3) is 0 Å². The van der Waals surface area contributed by atoms with E-state index in [4.69, 9.17) is 0 Å². The molecule has 14 heavy (non-hydrogen) atoms. The van der Waals surface area contributed by atoms with Crippen LogP contribution in [0.5, 0.6) is 0 Å². The Morgan fingerprint density at radius 3 is 0.929 bits per heavy atom. The van der Waals surface area contributed by atoms with Crippen molar-refractivity contribution in [2.24, 2.45) is 0 Å². The van der Waals surface area contributed by atoms with Crippen molar-refractivity contribution in [1.29, 1.82) is 0 Å². The van der Waals surface area contributed by atoms with E-state index in [1.807, 2.05) is 27.7 Å². The second-order valence-corrected chi connectivity index (χ2v) is 36.5. The Kier molecular flexibility index (Phi) is 36.6. The number of rotatable bonds is 0. The molecule has 0 saturated heterocycles. The van der Waals surface area contributed by atoms with Gasteiger partial charge in [-0.3, -0.25) is 9.97 Å². The van der Waals surface area contributed by atoms with Gasteiger partial charge in [0.1, 0.15) is 0 Å². The first-order valence-corrected chi connectivity index (χ1v) is 17.7. The molecule has 0 fully saturated rings. The van der Waals surface area contributed by atoms with Gasteiger partial charge in [0.15, 0.2) is 0 Å². The molecule has 0 bridgehead atoms. The summed E-state index contributed by atoms with van der Waals surface area (Å²) < 4.78 is 0. The van der Waals surface area contributed by atoms with E-state index in [9.17, 15) is 0 Å². The molecule has 0 spiro atoms. The van der Waals surface area contributed by atoms with Gasteiger partial charge in [-0.2, -0.15) is 0 Å². The van der Waals surface area contributed by atoms with Crippen molar-refractivity contribution in [3.8, 4) is 0 Å². The average molecular weight is 572 g/mol. The van der Waals surface area contributed by atoms with Crippen LogP contribution < -0.4 is 0 Å². The molecule has 0 atom stereocenters. The molecule has 0 aliphatic rings. The van der Waals surface area contributed by atoms with E-state index in [0.29, 0.717) is 0 Å². The van der Waals surface area contributed by atoms with E-state index in [0.717, 1.165) is 0 Å². The van der Waals surface area contributed by atoms with Crippen molar-refractivity contribution in [1.82, 2.24) is 9.97 Å². The van der Waals surface area contributed by atoms with Crippen LogP contribution in [-0.2, 0) is 4.92 Å². The molecule has 1 aromatic heterocycles. The third-order valence-corrected chi connectivity index (χ3v) is 0.478. The third-order valence-electron chi connectivity index (χ3n) is 0.478. The van der Waals surface area contributed by atoms with Crippen molar-refractivity contribution >= 4 is 59.9 Å². The zero-order chi connectivity index (χ0) is 11.8. The average Bonchev–Trinajstić information content (AvgIpc) is 2.25. The smallest absolute Gasteiger partial charge is 0.0451 e. The standard InChI is InChI=1S/C4H4N2.2C2H6.3HI.V/c1-2-6-4-3-5-1;2*1-2;;;;/h1-4H;2*1-2H3;3*1H;/q;;;;;;+3/p-3. The summed E-state index contributed by atoms with van der Waals surface area (Å²) in [5.41, 5.74) is 0. The molecule has 0 amide bonds. The molecule has 0 N–H and O–H groups in total. The Bertz CT molecular complexity index is 123. The number of halogens is 3. The molecule has 6 heteroatoms. The first-order chi connectivity index (χ1) is 6.73. The van der Waals surface area contributed by atoms with Crippen molar-refractivity contribution in [2.45, 2.75) is 27.7 Å². The van der Waals surface area contributed by atoms with Crippen LogP contribution >= 0.6 is 59.9 Å². The van der Waals surface area contributed by atoms with Crippen LogP contribution in [0.3, 0.4) is 0 Å². The van der Waals surface area contributed by atoms with Gasteiger partial charge in [-0.25, -0.2) is 0 Å². The summed E-state index contributed by atoms with van der Waals surface area (Å²) in [6, 6.07) is 0. The molecule has 0 aliphatic carbocycles. The van der Waals surface area contributed by atoms with E-state index in [1.54, 1.807) is 24.8 Å². The van der Waals surface area contributed by atoms with Crippen LogP contribution in [0.2, 0.25) is 0 Å². The molecule has 0 radical (unpaired) electrons. The van der Waals surface area contributed by atoms with Gasteiger partial charge in [0.05, 0.1) is 0 Å². The van der Waals surface area contributed by atoms with Crippen LogP contribution in [0.25, 0.3) is 0 Å². The zero-order valence-electron chi connectivity index (χ0n) is 8.78. The minimum Gasteiger partial charge on any atom is -0.262 e. The van der Waals surface area contributed by atoms with E-state index in [2.05, 4.69) is 69.9 Å². The quantitative estimate of drug-likeness (QED) is 0.401. The fourth-order valence-electron chi connectivity index (χ4n) is 0.253. The van der Waals surface area contributed by atoms with E-state index < -0.39 is 0 Å².